The number of rotatable bonds is 3. The molecule has 6 nitrogen and oxygen atoms in total. The van der Waals surface area contributed by atoms with Crippen molar-refractivity contribution in [3.05, 3.63) is 24.3 Å². The first-order valence-corrected chi connectivity index (χ1v) is 7.02. The summed E-state index contributed by atoms with van der Waals surface area (Å²) in [5.41, 5.74) is 0.646. The zero-order chi connectivity index (χ0) is 15.4. The molecule has 0 saturated carbocycles. The van der Waals surface area contributed by atoms with Crippen molar-refractivity contribution in [2.24, 2.45) is 5.92 Å². The molecule has 0 radical (unpaired) electrons. The van der Waals surface area contributed by atoms with Crippen LogP contribution >= 0.6 is 0 Å². The lowest BCUT2D eigenvalue weighted by Gasteiger charge is -2.37. The third-order valence-corrected chi connectivity index (χ3v) is 3.47. The number of hydrogen-bond acceptors (Lipinski definition) is 3. The summed E-state index contributed by atoms with van der Waals surface area (Å²) in [5.74, 6) is 0.628. The highest BCUT2D eigenvalue weighted by Crippen LogP contribution is 2.19. The lowest BCUT2D eigenvalue weighted by molar-refractivity contribution is -0.129. The summed E-state index contributed by atoms with van der Waals surface area (Å²) < 4.78 is 5.13. The topological polar surface area (TPSA) is 70.7 Å². The van der Waals surface area contributed by atoms with Crippen molar-refractivity contribution in [2.75, 3.05) is 25.5 Å². The average Bonchev–Trinajstić information content (AvgIpc) is 2.46. The lowest BCUT2D eigenvalue weighted by atomic mass is 10.00. The predicted molar refractivity (Wildman–Crippen MR) is 80.4 cm³/mol. The fourth-order valence-electron chi connectivity index (χ4n) is 2.47. The number of benzene rings is 1. The molecule has 114 valence electrons. The van der Waals surface area contributed by atoms with E-state index in [1.165, 1.54) is 0 Å². The number of methoxy groups -OCH3 is 1. The number of anilines is 1. The molecule has 0 bridgehead atoms. The van der Waals surface area contributed by atoms with Gasteiger partial charge < -0.3 is 20.3 Å². The Morgan fingerprint density at radius 2 is 2.24 bits per heavy atom. The number of urea groups is 1. The van der Waals surface area contributed by atoms with Crippen LogP contribution in [0, 0.1) is 5.92 Å². The van der Waals surface area contributed by atoms with E-state index in [9.17, 15) is 9.59 Å². The molecule has 1 saturated heterocycles. The molecule has 1 unspecified atom stereocenters. The second kappa shape index (κ2) is 6.47. The van der Waals surface area contributed by atoms with Gasteiger partial charge in [0.2, 0.25) is 5.91 Å². The van der Waals surface area contributed by atoms with Crippen molar-refractivity contribution in [2.45, 2.75) is 19.9 Å². The smallest absolute Gasteiger partial charge is 0.322 e. The quantitative estimate of drug-likeness (QED) is 0.890. The molecular weight excluding hydrogens is 270 g/mol. The summed E-state index contributed by atoms with van der Waals surface area (Å²) in [5, 5.41) is 5.62. The van der Waals surface area contributed by atoms with Crippen LogP contribution in [-0.2, 0) is 4.79 Å². The number of hydrogen-bond donors (Lipinski definition) is 2. The Bertz CT molecular complexity index is 531. The van der Waals surface area contributed by atoms with Crippen molar-refractivity contribution in [1.82, 2.24) is 10.2 Å². The summed E-state index contributed by atoms with van der Waals surface area (Å²) in [6.45, 7) is 4.85. The fraction of sp³-hybridized carbons (Fsp3) is 0.467. The molecule has 1 atom stereocenters. The Balaban J connectivity index is 2.12. The van der Waals surface area contributed by atoms with Gasteiger partial charge in [0.1, 0.15) is 11.8 Å². The summed E-state index contributed by atoms with van der Waals surface area (Å²) >= 11 is 0. The molecular formula is C15H21N3O3. The van der Waals surface area contributed by atoms with Crippen LogP contribution in [-0.4, -0.2) is 43.1 Å². The van der Waals surface area contributed by atoms with Crippen molar-refractivity contribution in [3.8, 4) is 5.75 Å². The van der Waals surface area contributed by atoms with E-state index >= 15 is 0 Å². The predicted octanol–water partition coefficient (Wildman–Crippen LogP) is 1.68. The van der Waals surface area contributed by atoms with E-state index in [2.05, 4.69) is 10.6 Å². The molecule has 6 heteroatoms. The van der Waals surface area contributed by atoms with Gasteiger partial charge in [0.05, 0.1) is 7.11 Å². The van der Waals surface area contributed by atoms with Crippen molar-refractivity contribution < 1.29 is 14.3 Å². The van der Waals surface area contributed by atoms with Gasteiger partial charge in [-0.05, 0) is 18.1 Å². The minimum absolute atomic E-state index is 0.0568. The summed E-state index contributed by atoms with van der Waals surface area (Å²) in [7, 11) is 1.57. The van der Waals surface area contributed by atoms with Gasteiger partial charge >= 0.3 is 6.03 Å². The maximum absolute atomic E-state index is 12.4. The third kappa shape index (κ3) is 3.45. The first-order valence-electron chi connectivity index (χ1n) is 7.02. The molecule has 1 aromatic carbocycles. The second-order valence-electron chi connectivity index (χ2n) is 5.34. The zero-order valence-corrected chi connectivity index (χ0v) is 12.6. The van der Waals surface area contributed by atoms with E-state index < -0.39 is 6.04 Å². The Kier molecular flexibility index (Phi) is 4.67. The van der Waals surface area contributed by atoms with Crippen molar-refractivity contribution in [1.29, 1.82) is 0 Å². The monoisotopic (exact) mass is 291 g/mol. The molecule has 0 spiro atoms. The third-order valence-electron chi connectivity index (χ3n) is 3.47. The van der Waals surface area contributed by atoms with Crippen molar-refractivity contribution in [3.63, 3.8) is 0 Å². The lowest BCUT2D eigenvalue weighted by Crippen LogP contribution is -2.60. The molecule has 2 rings (SSSR count). The number of piperazine rings is 1. The molecule has 1 aliphatic heterocycles. The Morgan fingerprint density at radius 1 is 1.48 bits per heavy atom. The van der Waals surface area contributed by atoms with Gasteiger partial charge in [-0.1, -0.05) is 19.9 Å². The molecule has 2 N–H and O–H groups in total. The number of carbonyl (C=O) groups excluding carboxylic acids is 2. The largest absolute Gasteiger partial charge is 0.497 e. The van der Waals surface area contributed by atoms with Crippen LogP contribution in [0.3, 0.4) is 0 Å². The first kappa shape index (κ1) is 15.2. The number of amides is 3. The van der Waals surface area contributed by atoms with E-state index in [4.69, 9.17) is 4.74 Å². The van der Waals surface area contributed by atoms with Crippen molar-refractivity contribution >= 4 is 17.6 Å². The highest BCUT2D eigenvalue weighted by atomic mass is 16.5. The summed E-state index contributed by atoms with van der Waals surface area (Å²) in [4.78, 5) is 26.0. The molecule has 21 heavy (non-hydrogen) atoms. The SMILES string of the molecule is COc1cccc(NC(=O)N2CCNC(=O)C2C(C)C)c1. The van der Waals surface area contributed by atoms with E-state index in [-0.39, 0.29) is 17.9 Å². The van der Waals surface area contributed by atoms with E-state index in [1.54, 1.807) is 36.3 Å². The Labute approximate surface area is 124 Å². The maximum Gasteiger partial charge on any atom is 0.322 e. The molecule has 1 aliphatic rings. The Hall–Kier alpha value is -2.24. The van der Waals surface area contributed by atoms with Crippen LogP contribution in [0.2, 0.25) is 0 Å². The van der Waals surface area contributed by atoms with E-state index in [1.807, 2.05) is 13.8 Å². The number of carbonyl (C=O) groups is 2. The van der Waals surface area contributed by atoms with Crippen LogP contribution < -0.4 is 15.4 Å². The average molecular weight is 291 g/mol. The van der Waals surface area contributed by atoms with Gasteiger partial charge in [-0.3, -0.25) is 4.79 Å². The fourth-order valence-corrected chi connectivity index (χ4v) is 2.47. The van der Waals surface area contributed by atoms with Gasteiger partial charge in [-0.2, -0.15) is 0 Å². The highest BCUT2D eigenvalue weighted by Gasteiger charge is 2.35. The zero-order valence-electron chi connectivity index (χ0n) is 12.6. The van der Waals surface area contributed by atoms with E-state index in [0.29, 0.717) is 24.5 Å². The maximum atomic E-state index is 12.4. The summed E-state index contributed by atoms with van der Waals surface area (Å²) in [6, 6.07) is 6.43. The van der Waals surface area contributed by atoms with Crippen LogP contribution in [0.25, 0.3) is 0 Å². The summed E-state index contributed by atoms with van der Waals surface area (Å²) in [6.07, 6.45) is 0. The minimum atomic E-state index is -0.440. The van der Waals surface area contributed by atoms with Gasteiger partial charge in [0, 0.05) is 24.8 Å². The van der Waals surface area contributed by atoms with Gasteiger partial charge in [0.25, 0.3) is 0 Å². The van der Waals surface area contributed by atoms with Crippen LogP contribution in [0.5, 0.6) is 5.75 Å². The van der Waals surface area contributed by atoms with E-state index in [0.717, 1.165) is 0 Å². The van der Waals surface area contributed by atoms with Gasteiger partial charge in [0.15, 0.2) is 0 Å². The Morgan fingerprint density at radius 3 is 2.90 bits per heavy atom. The molecule has 1 aromatic rings. The first-order chi connectivity index (χ1) is 10.0. The highest BCUT2D eigenvalue weighted by molar-refractivity contribution is 5.94. The number of nitrogens with one attached hydrogen (secondary N) is 2. The van der Waals surface area contributed by atoms with Crippen LogP contribution in [0.15, 0.2) is 24.3 Å². The van der Waals surface area contributed by atoms with Crippen LogP contribution in [0.1, 0.15) is 13.8 Å². The van der Waals surface area contributed by atoms with Gasteiger partial charge in [-0.25, -0.2) is 4.79 Å². The molecule has 1 heterocycles. The number of ether oxygens (including phenoxy) is 1. The van der Waals surface area contributed by atoms with Gasteiger partial charge in [-0.15, -0.1) is 0 Å². The molecule has 3 amide bonds. The standard InChI is InChI=1S/C15H21N3O3/c1-10(2)13-14(19)16-7-8-18(13)15(20)17-11-5-4-6-12(9-11)21-3/h4-6,9-10,13H,7-8H2,1-3H3,(H,16,19)(H,17,20). The number of nitrogens with zero attached hydrogens (tertiary/aromatic N) is 1. The normalized spacial score (nSPS) is 18.4. The van der Waals surface area contributed by atoms with Crippen LogP contribution in [0.4, 0.5) is 10.5 Å². The second-order valence-corrected chi connectivity index (χ2v) is 5.34. The molecule has 0 aromatic heterocycles. The molecule has 0 aliphatic carbocycles. The minimum Gasteiger partial charge on any atom is -0.497 e. The molecule has 1 fully saturated rings.